The number of benzene rings is 5. The lowest BCUT2D eigenvalue weighted by Crippen LogP contribution is -2.17. The number of hydrogen-bond acceptors (Lipinski definition) is 14. The van der Waals surface area contributed by atoms with Crippen LogP contribution in [0.5, 0.6) is 0 Å². The highest BCUT2D eigenvalue weighted by molar-refractivity contribution is 7.95. The average Bonchev–Trinajstić information content (AvgIpc) is 3.04. The fourth-order valence-corrected chi connectivity index (χ4v) is 6.56. The quantitative estimate of drug-likeness (QED) is 0.0381. The number of carbonyl (C=O) groups excluding carboxylic acids is 2. The maximum atomic E-state index is 13.3. The van der Waals surface area contributed by atoms with Gasteiger partial charge in [0.1, 0.15) is 4.90 Å². The van der Waals surface area contributed by atoms with Crippen LogP contribution in [0.1, 0.15) is 20.7 Å². The summed E-state index contributed by atoms with van der Waals surface area (Å²) in [5, 5.41) is 30.9. The van der Waals surface area contributed by atoms with E-state index in [1.165, 1.54) is 60.7 Å². The van der Waals surface area contributed by atoms with Crippen LogP contribution in [0.2, 0.25) is 0 Å². The Morgan fingerprint density at radius 1 is 0.604 bits per heavy atom. The Morgan fingerprint density at radius 3 is 1.81 bits per heavy atom. The normalized spacial score (nSPS) is 11.9. The van der Waals surface area contributed by atoms with Crippen LogP contribution in [0.25, 0.3) is 21.5 Å². The van der Waals surface area contributed by atoms with Crippen molar-refractivity contribution in [2.24, 2.45) is 0 Å². The summed E-state index contributed by atoms with van der Waals surface area (Å²) in [4.78, 5) is 26.1. The molecule has 0 spiro atoms. The molecule has 0 aliphatic heterocycles. The Bertz CT molecular complexity index is 2280. The molecule has 0 aromatic heterocycles. The second-order valence-corrected chi connectivity index (χ2v) is 13.9. The molecule has 0 aliphatic carbocycles. The minimum atomic E-state index is -4.84. The number of nitrogens with one attached hydrogen (secondary N) is 2. The van der Waals surface area contributed by atoms with Crippen LogP contribution in [-0.2, 0) is 39.0 Å². The molecule has 5 rings (SSSR count). The van der Waals surface area contributed by atoms with E-state index in [1.54, 1.807) is 12.1 Å². The van der Waals surface area contributed by atoms with E-state index in [1.807, 2.05) is 0 Å². The van der Waals surface area contributed by atoms with E-state index in [-0.39, 0.29) is 32.3 Å². The molecule has 0 heterocycles. The van der Waals surface area contributed by atoms with E-state index < -0.39 is 36.9 Å². The number of fused-ring (bicyclic) bond motifs is 2. The standard InChI is InChI=1S/C28H20N2O14S4/c31-27(29-23-11-16-5-7-22(47(35,36)37)10-20(16)13-25(23)46-44-42-34)17-2-1-3-18(8-17)28(32)30-24-12-15-4-6-21(45-43-41-33)9-19(15)14-26(24)48(38,39)40/h1-14,33-34H,(H,29,31)(H,30,32)(H,35,36,37)(H,38,39,40). The number of carbonyl (C=O) groups is 2. The number of hydrogen-bond donors (Lipinski definition) is 6. The maximum absolute atomic E-state index is 13.3. The SMILES string of the molecule is O=C(Nc1cc2ccc(S(=O)(=O)O)cc2cc1SOOO)c1cccc(C(=O)Nc2cc3ccc(SOOO)cc3cc2S(=O)(=O)O)c1. The minimum absolute atomic E-state index is 0.00707. The van der Waals surface area contributed by atoms with E-state index >= 15 is 0 Å². The molecule has 0 unspecified atom stereocenters. The molecule has 0 aliphatic rings. The molecule has 5 aromatic rings. The highest BCUT2D eigenvalue weighted by atomic mass is 32.2. The van der Waals surface area contributed by atoms with Gasteiger partial charge in [-0.05, 0) is 88.3 Å². The van der Waals surface area contributed by atoms with Crippen LogP contribution in [0, 0.1) is 0 Å². The summed E-state index contributed by atoms with van der Waals surface area (Å²) in [5.74, 6) is -1.53. The predicted molar refractivity (Wildman–Crippen MR) is 171 cm³/mol. The monoisotopic (exact) mass is 736 g/mol. The van der Waals surface area contributed by atoms with Gasteiger partial charge in [-0.15, -0.1) is 8.67 Å². The molecule has 2 amide bonds. The van der Waals surface area contributed by atoms with Gasteiger partial charge in [-0.1, -0.05) is 28.3 Å². The van der Waals surface area contributed by atoms with E-state index in [2.05, 4.69) is 29.4 Å². The van der Waals surface area contributed by atoms with Gasteiger partial charge in [0, 0.05) is 16.0 Å². The summed E-state index contributed by atoms with van der Waals surface area (Å²) < 4.78 is 75.7. The largest absolute Gasteiger partial charge is 0.321 e. The van der Waals surface area contributed by atoms with Gasteiger partial charge < -0.3 is 10.6 Å². The Kier molecular flexibility index (Phi) is 10.6. The fourth-order valence-electron chi connectivity index (χ4n) is 4.50. The fraction of sp³-hybridized carbons (Fsp3) is 0. The topological polar surface area (TPSA) is 244 Å². The molecule has 0 saturated carbocycles. The highest BCUT2D eigenvalue weighted by Crippen LogP contribution is 2.35. The molecule has 5 aromatic carbocycles. The molecule has 0 fully saturated rings. The first kappa shape index (κ1) is 35.2. The molecule has 0 bridgehead atoms. The Hall–Kier alpha value is -4.16. The Balaban J connectivity index is 1.42. The summed E-state index contributed by atoms with van der Waals surface area (Å²) in [6.45, 7) is 0. The van der Waals surface area contributed by atoms with Crippen LogP contribution < -0.4 is 10.6 Å². The zero-order valence-corrected chi connectivity index (χ0v) is 26.9. The molecule has 20 heteroatoms. The van der Waals surface area contributed by atoms with Crippen molar-refractivity contribution in [3.63, 3.8) is 0 Å². The third kappa shape index (κ3) is 8.27. The predicted octanol–water partition coefficient (Wildman–Crippen LogP) is 5.85. The first-order chi connectivity index (χ1) is 22.8. The van der Waals surface area contributed by atoms with Gasteiger partial charge in [-0.25, -0.2) is 10.5 Å². The summed E-state index contributed by atoms with van der Waals surface area (Å²) in [6, 6.07) is 19.1. The van der Waals surface area contributed by atoms with Crippen LogP contribution >= 0.6 is 24.1 Å². The molecule has 0 saturated heterocycles. The van der Waals surface area contributed by atoms with Gasteiger partial charge in [-0.2, -0.15) is 16.8 Å². The lowest BCUT2D eigenvalue weighted by molar-refractivity contribution is -0.432. The first-order valence-electron chi connectivity index (χ1n) is 12.9. The van der Waals surface area contributed by atoms with Crippen LogP contribution in [-0.4, -0.2) is 48.3 Å². The molecule has 6 N–H and O–H groups in total. The molecule has 16 nitrogen and oxygen atoms in total. The summed E-state index contributed by atoms with van der Waals surface area (Å²) in [5.41, 5.74) is -0.177. The summed E-state index contributed by atoms with van der Waals surface area (Å²) in [7, 11) is -9.34. The minimum Gasteiger partial charge on any atom is -0.321 e. The zero-order valence-electron chi connectivity index (χ0n) is 23.6. The van der Waals surface area contributed by atoms with Gasteiger partial charge >= 0.3 is 0 Å². The lowest BCUT2D eigenvalue weighted by Gasteiger charge is -2.13. The molecular weight excluding hydrogens is 717 g/mol. The van der Waals surface area contributed by atoms with Crippen LogP contribution in [0.3, 0.4) is 0 Å². The zero-order chi connectivity index (χ0) is 34.6. The van der Waals surface area contributed by atoms with Crippen molar-refractivity contribution < 1.29 is 64.8 Å². The smallest absolute Gasteiger partial charge is 0.296 e. The third-order valence-electron chi connectivity index (χ3n) is 6.59. The molecule has 250 valence electrons. The second-order valence-electron chi connectivity index (χ2n) is 9.61. The average molecular weight is 737 g/mol. The first-order valence-corrected chi connectivity index (χ1v) is 17.3. The van der Waals surface area contributed by atoms with E-state index in [0.717, 1.165) is 12.1 Å². The van der Waals surface area contributed by atoms with Gasteiger partial charge in [0.2, 0.25) is 0 Å². The van der Waals surface area contributed by atoms with E-state index in [0.29, 0.717) is 50.5 Å². The number of rotatable bonds is 12. The van der Waals surface area contributed by atoms with Crippen molar-refractivity contribution in [1.82, 2.24) is 0 Å². The molecule has 0 radical (unpaired) electrons. The molecule has 0 atom stereocenters. The van der Waals surface area contributed by atoms with Crippen molar-refractivity contribution in [2.75, 3.05) is 10.6 Å². The van der Waals surface area contributed by atoms with Crippen molar-refractivity contribution in [1.29, 1.82) is 0 Å². The Labute approximate surface area is 279 Å². The van der Waals surface area contributed by atoms with Crippen molar-refractivity contribution in [3.8, 4) is 0 Å². The summed E-state index contributed by atoms with van der Waals surface area (Å²) >= 11 is 1.11. The maximum Gasteiger partial charge on any atom is 0.296 e. The lowest BCUT2D eigenvalue weighted by atomic mass is 10.1. The highest BCUT2D eigenvalue weighted by Gasteiger charge is 2.21. The van der Waals surface area contributed by atoms with Crippen molar-refractivity contribution >= 4 is 89.1 Å². The van der Waals surface area contributed by atoms with Gasteiger partial charge in [0.25, 0.3) is 32.1 Å². The van der Waals surface area contributed by atoms with E-state index in [4.69, 9.17) is 10.5 Å². The van der Waals surface area contributed by atoms with Gasteiger partial charge in [-0.3, -0.25) is 18.7 Å². The number of amides is 2. The van der Waals surface area contributed by atoms with Crippen LogP contribution in [0.15, 0.2) is 105 Å². The Morgan fingerprint density at radius 2 is 1.19 bits per heavy atom. The summed E-state index contributed by atoms with van der Waals surface area (Å²) in [6.07, 6.45) is 0. The third-order valence-corrected chi connectivity index (χ3v) is 9.56. The van der Waals surface area contributed by atoms with E-state index in [9.17, 15) is 35.5 Å². The molecule has 48 heavy (non-hydrogen) atoms. The van der Waals surface area contributed by atoms with Crippen molar-refractivity contribution in [2.45, 2.75) is 19.6 Å². The molecular formula is C28H20N2O14S4. The van der Waals surface area contributed by atoms with Gasteiger partial charge in [0.15, 0.2) is 0 Å². The van der Waals surface area contributed by atoms with Gasteiger partial charge in [0.05, 0.1) is 45.3 Å². The van der Waals surface area contributed by atoms with Crippen molar-refractivity contribution in [3.05, 3.63) is 96.1 Å². The number of anilines is 2. The van der Waals surface area contributed by atoms with Crippen LogP contribution in [0.4, 0.5) is 11.4 Å². The second kappa shape index (κ2) is 14.5.